The average Bonchev–Trinajstić information content (AvgIpc) is 2.92. The lowest BCUT2D eigenvalue weighted by Crippen LogP contribution is -2.09. The zero-order valence-electron chi connectivity index (χ0n) is 13.1. The topological polar surface area (TPSA) is 53.6 Å². The van der Waals surface area contributed by atoms with E-state index in [1.807, 2.05) is 18.2 Å². The van der Waals surface area contributed by atoms with Crippen LogP contribution in [0.15, 0.2) is 56.1 Å². The predicted molar refractivity (Wildman–Crippen MR) is 113 cm³/mol. The van der Waals surface area contributed by atoms with E-state index in [-0.39, 0.29) is 6.04 Å². The molecule has 2 aromatic carbocycles. The van der Waals surface area contributed by atoms with Crippen molar-refractivity contribution in [2.75, 3.05) is 5.32 Å². The zero-order chi connectivity index (χ0) is 17.6. The second kappa shape index (κ2) is 6.70. The summed E-state index contributed by atoms with van der Waals surface area (Å²) in [4.78, 5) is 12.2. The molecular weight excluding hydrogens is 512 g/mol. The largest absolute Gasteiger partial charge is 0.363 e. The summed E-state index contributed by atoms with van der Waals surface area (Å²) in [6, 6.07) is 12.4. The van der Waals surface area contributed by atoms with Gasteiger partial charge < -0.3 is 10.3 Å². The Labute approximate surface area is 169 Å². The lowest BCUT2D eigenvalue weighted by atomic mass is 10.1. The third-order valence-electron chi connectivity index (χ3n) is 4.13. The first kappa shape index (κ1) is 17.0. The number of fused-ring (bicyclic) bond motifs is 3. The third-order valence-corrected chi connectivity index (χ3v) is 5.81. The summed E-state index contributed by atoms with van der Waals surface area (Å²) in [5.41, 5.74) is 3.02. The van der Waals surface area contributed by atoms with Gasteiger partial charge in [-0.3, -0.25) is 0 Å². The van der Waals surface area contributed by atoms with Crippen LogP contribution in [0.25, 0.3) is 21.9 Å². The number of aromatic amines is 1. The number of H-pyrrole nitrogens is 1. The molecule has 2 aromatic heterocycles. The van der Waals surface area contributed by atoms with Crippen molar-refractivity contribution in [3.63, 3.8) is 0 Å². The molecule has 7 heteroatoms. The molecule has 0 saturated heterocycles. The first-order valence-corrected chi connectivity index (χ1v) is 10.0. The molecule has 0 saturated carbocycles. The fourth-order valence-electron chi connectivity index (χ4n) is 2.95. The van der Waals surface area contributed by atoms with E-state index in [1.54, 1.807) is 6.33 Å². The van der Waals surface area contributed by atoms with Gasteiger partial charge in [0.2, 0.25) is 0 Å². The minimum absolute atomic E-state index is 0.0842. The smallest absolute Gasteiger partial charge is 0.143 e. The number of nitrogens with one attached hydrogen (secondary N) is 2. The van der Waals surface area contributed by atoms with Gasteiger partial charge in [0.1, 0.15) is 17.8 Å². The molecule has 0 aliphatic rings. The van der Waals surface area contributed by atoms with Gasteiger partial charge in [0, 0.05) is 24.3 Å². The summed E-state index contributed by atoms with van der Waals surface area (Å²) < 4.78 is 3.12. The fourth-order valence-corrected chi connectivity index (χ4v) is 4.70. The van der Waals surface area contributed by atoms with Crippen molar-refractivity contribution < 1.29 is 0 Å². The maximum absolute atomic E-state index is 4.49. The number of hydrogen-bond donors (Lipinski definition) is 2. The zero-order valence-corrected chi connectivity index (χ0v) is 17.9. The molecule has 0 radical (unpaired) electrons. The van der Waals surface area contributed by atoms with Gasteiger partial charge in [-0.2, -0.15) is 0 Å². The van der Waals surface area contributed by atoms with E-state index in [9.17, 15) is 0 Å². The summed E-state index contributed by atoms with van der Waals surface area (Å²) in [6.07, 6.45) is 1.58. The Morgan fingerprint density at radius 2 is 1.76 bits per heavy atom. The van der Waals surface area contributed by atoms with E-state index < -0.39 is 0 Å². The van der Waals surface area contributed by atoms with E-state index in [4.69, 9.17) is 0 Å². The Balaban J connectivity index is 1.80. The molecule has 2 N–H and O–H groups in total. The summed E-state index contributed by atoms with van der Waals surface area (Å²) >= 11 is 10.6. The number of hydrogen-bond acceptors (Lipinski definition) is 3. The predicted octanol–water partition coefficient (Wildman–Crippen LogP) is 6.57. The van der Waals surface area contributed by atoms with Gasteiger partial charge in [-0.05, 0) is 36.8 Å². The SMILES string of the molecule is CC(Nc1ncnc2[nH]c3cc(Br)ccc3c12)c1ccc(Br)cc1Br. The number of halogens is 3. The van der Waals surface area contributed by atoms with Crippen molar-refractivity contribution in [2.45, 2.75) is 13.0 Å². The summed E-state index contributed by atoms with van der Waals surface area (Å²) in [5, 5.41) is 5.63. The molecule has 25 heavy (non-hydrogen) atoms. The van der Waals surface area contributed by atoms with Crippen molar-refractivity contribution in [1.29, 1.82) is 0 Å². The van der Waals surface area contributed by atoms with E-state index in [0.717, 1.165) is 46.7 Å². The molecule has 1 atom stereocenters. The van der Waals surface area contributed by atoms with Crippen molar-refractivity contribution in [3.05, 3.63) is 61.7 Å². The first-order chi connectivity index (χ1) is 12.0. The lowest BCUT2D eigenvalue weighted by molar-refractivity contribution is 0.870. The second-order valence-electron chi connectivity index (χ2n) is 5.79. The second-order valence-corrected chi connectivity index (χ2v) is 8.48. The average molecular weight is 525 g/mol. The Kier molecular flexibility index (Phi) is 4.56. The van der Waals surface area contributed by atoms with Crippen LogP contribution >= 0.6 is 47.8 Å². The van der Waals surface area contributed by atoms with Crippen LogP contribution in [0, 0.1) is 0 Å². The maximum Gasteiger partial charge on any atom is 0.143 e. The van der Waals surface area contributed by atoms with Crippen LogP contribution in [-0.2, 0) is 0 Å². The third kappa shape index (κ3) is 3.20. The Bertz CT molecular complexity index is 1090. The van der Waals surface area contributed by atoms with Gasteiger partial charge in [0.25, 0.3) is 0 Å². The summed E-state index contributed by atoms with van der Waals surface area (Å²) in [7, 11) is 0. The van der Waals surface area contributed by atoms with Crippen LogP contribution < -0.4 is 5.32 Å². The first-order valence-electron chi connectivity index (χ1n) is 7.66. The molecular formula is C18H13Br3N4. The summed E-state index contributed by atoms with van der Waals surface area (Å²) in [5.74, 6) is 0.820. The molecule has 0 spiro atoms. The number of nitrogens with zero attached hydrogens (tertiary/aromatic N) is 2. The van der Waals surface area contributed by atoms with Crippen molar-refractivity contribution in [1.82, 2.24) is 15.0 Å². The van der Waals surface area contributed by atoms with Crippen LogP contribution in [-0.4, -0.2) is 15.0 Å². The van der Waals surface area contributed by atoms with Crippen molar-refractivity contribution >= 4 is 75.5 Å². The molecule has 4 aromatic rings. The van der Waals surface area contributed by atoms with Crippen LogP contribution in [0.5, 0.6) is 0 Å². The highest BCUT2D eigenvalue weighted by molar-refractivity contribution is 9.11. The number of anilines is 1. The van der Waals surface area contributed by atoms with Gasteiger partial charge in [-0.15, -0.1) is 0 Å². The molecule has 2 heterocycles. The molecule has 0 fully saturated rings. The van der Waals surface area contributed by atoms with E-state index in [1.165, 1.54) is 0 Å². The minimum Gasteiger partial charge on any atom is -0.363 e. The molecule has 0 amide bonds. The van der Waals surface area contributed by atoms with Crippen LogP contribution in [0.3, 0.4) is 0 Å². The van der Waals surface area contributed by atoms with Crippen LogP contribution in [0.1, 0.15) is 18.5 Å². The van der Waals surface area contributed by atoms with Gasteiger partial charge in [-0.25, -0.2) is 9.97 Å². The molecule has 1 unspecified atom stereocenters. The van der Waals surface area contributed by atoms with Crippen molar-refractivity contribution in [2.24, 2.45) is 0 Å². The Morgan fingerprint density at radius 3 is 2.56 bits per heavy atom. The standard InChI is InChI=1S/C18H13Br3N4/c1-9(12-4-2-10(19)6-14(12)21)24-17-16-13-5-3-11(20)7-15(13)25-18(16)23-8-22-17/h2-9H,1H3,(H2,22,23,24,25). The molecule has 0 bridgehead atoms. The Morgan fingerprint density at radius 1 is 1.00 bits per heavy atom. The highest BCUT2D eigenvalue weighted by Gasteiger charge is 2.15. The monoisotopic (exact) mass is 522 g/mol. The van der Waals surface area contributed by atoms with E-state index >= 15 is 0 Å². The fraction of sp³-hybridized carbons (Fsp3) is 0.111. The summed E-state index contributed by atoms with van der Waals surface area (Å²) in [6.45, 7) is 2.12. The highest BCUT2D eigenvalue weighted by atomic mass is 79.9. The normalized spacial score (nSPS) is 12.6. The minimum atomic E-state index is 0.0842. The molecule has 126 valence electrons. The highest BCUT2D eigenvalue weighted by Crippen LogP contribution is 2.34. The van der Waals surface area contributed by atoms with Gasteiger partial charge in [0.05, 0.1) is 11.4 Å². The number of aromatic nitrogens is 3. The Hall–Kier alpha value is -1.44. The van der Waals surface area contributed by atoms with Gasteiger partial charge >= 0.3 is 0 Å². The number of benzene rings is 2. The van der Waals surface area contributed by atoms with Crippen LogP contribution in [0.2, 0.25) is 0 Å². The van der Waals surface area contributed by atoms with Crippen molar-refractivity contribution in [3.8, 4) is 0 Å². The molecule has 0 aliphatic heterocycles. The molecule has 4 nitrogen and oxygen atoms in total. The van der Waals surface area contributed by atoms with Gasteiger partial charge in [-0.1, -0.05) is 59.9 Å². The number of rotatable bonds is 3. The maximum atomic E-state index is 4.49. The van der Waals surface area contributed by atoms with E-state index in [2.05, 4.69) is 93.2 Å². The van der Waals surface area contributed by atoms with Gasteiger partial charge in [0.15, 0.2) is 0 Å². The quantitative estimate of drug-likeness (QED) is 0.318. The molecule has 4 rings (SSSR count). The lowest BCUT2D eigenvalue weighted by Gasteiger charge is -2.17. The van der Waals surface area contributed by atoms with Crippen LogP contribution in [0.4, 0.5) is 5.82 Å². The molecule has 0 aliphatic carbocycles. The van der Waals surface area contributed by atoms with E-state index in [0.29, 0.717) is 0 Å².